The van der Waals surface area contributed by atoms with Crippen molar-refractivity contribution in [1.82, 2.24) is 0 Å². The maximum Gasteiger partial charge on any atom is 0.258 e. The Bertz CT molecular complexity index is 643. The van der Waals surface area contributed by atoms with Crippen LogP contribution in [0.3, 0.4) is 0 Å². The zero-order valence-corrected chi connectivity index (χ0v) is 11.6. The van der Waals surface area contributed by atoms with Crippen LogP contribution in [0.25, 0.3) is 0 Å². The standard InChI is InChI=1S/C14H10BrF2NO/c1-8-3-2-4-12(13(8)15)18-14(19)10-7-9(16)5-6-11(10)17/h2-7H,1H3,(H,18,19). The van der Waals surface area contributed by atoms with E-state index in [-0.39, 0.29) is 5.56 Å². The summed E-state index contributed by atoms with van der Waals surface area (Å²) in [6.45, 7) is 1.86. The minimum Gasteiger partial charge on any atom is -0.321 e. The zero-order valence-electron chi connectivity index (χ0n) is 10.0. The third kappa shape index (κ3) is 2.98. The second kappa shape index (κ2) is 5.48. The molecular formula is C14H10BrF2NO. The van der Waals surface area contributed by atoms with Crippen LogP contribution < -0.4 is 5.32 Å². The molecule has 0 saturated carbocycles. The Morgan fingerprint density at radius 2 is 1.95 bits per heavy atom. The number of carbonyl (C=O) groups is 1. The maximum atomic E-state index is 13.5. The van der Waals surface area contributed by atoms with Gasteiger partial charge in [-0.2, -0.15) is 0 Å². The van der Waals surface area contributed by atoms with E-state index in [1.54, 1.807) is 12.1 Å². The number of halogens is 3. The third-order valence-corrected chi connectivity index (χ3v) is 3.67. The monoisotopic (exact) mass is 325 g/mol. The topological polar surface area (TPSA) is 29.1 Å². The lowest BCUT2D eigenvalue weighted by molar-refractivity contribution is 0.102. The molecule has 0 spiro atoms. The van der Waals surface area contributed by atoms with Gasteiger partial charge in [0.25, 0.3) is 5.91 Å². The predicted octanol–water partition coefficient (Wildman–Crippen LogP) is 4.29. The minimum absolute atomic E-state index is 0.326. The highest BCUT2D eigenvalue weighted by Gasteiger charge is 2.14. The highest BCUT2D eigenvalue weighted by Crippen LogP contribution is 2.26. The fourth-order valence-electron chi connectivity index (χ4n) is 1.61. The van der Waals surface area contributed by atoms with Crippen molar-refractivity contribution in [2.75, 3.05) is 5.32 Å². The number of hydrogen-bond donors (Lipinski definition) is 1. The predicted molar refractivity (Wildman–Crippen MR) is 73.2 cm³/mol. The highest BCUT2D eigenvalue weighted by atomic mass is 79.9. The highest BCUT2D eigenvalue weighted by molar-refractivity contribution is 9.10. The molecule has 0 aliphatic carbocycles. The van der Waals surface area contributed by atoms with Gasteiger partial charge in [-0.1, -0.05) is 12.1 Å². The Kier molecular flexibility index (Phi) is 3.95. The molecule has 2 aromatic rings. The minimum atomic E-state index is -0.761. The molecule has 98 valence electrons. The van der Waals surface area contributed by atoms with Gasteiger partial charge in [-0.25, -0.2) is 8.78 Å². The van der Waals surface area contributed by atoms with Crippen molar-refractivity contribution in [3.05, 3.63) is 63.6 Å². The van der Waals surface area contributed by atoms with Crippen LogP contribution >= 0.6 is 15.9 Å². The van der Waals surface area contributed by atoms with Gasteiger partial charge in [-0.15, -0.1) is 0 Å². The Hall–Kier alpha value is -1.75. The van der Waals surface area contributed by atoms with Crippen molar-refractivity contribution in [2.45, 2.75) is 6.92 Å². The molecule has 0 radical (unpaired) electrons. The van der Waals surface area contributed by atoms with Gasteiger partial charge in [0.05, 0.1) is 11.3 Å². The van der Waals surface area contributed by atoms with Gasteiger partial charge in [0.15, 0.2) is 0 Å². The van der Waals surface area contributed by atoms with Gasteiger partial charge < -0.3 is 5.32 Å². The lowest BCUT2D eigenvalue weighted by Gasteiger charge is -2.09. The molecule has 1 N–H and O–H groups in total. The number of aryl methyl sites for hydroxylation is 1. The number of amides is 1. The molecule has 1 amide bonds. The Morgan fingerprint density at radius 1 is 1.21 bits per heavy atom. The zero-order chi connectivity index (χ0) is 14.0. The normalized spacial score (nSPS) is 10.3. The summed E-state index contributed by atoms with van der Waals surface area (Å²) in [4.78, 5) is 11.9. The molecule has 0 saturated heterocycles. The van der Waals surface area contributed by atoms with Crippen molar-refractivity contribution < 1.29 is 13.6 Å². The van der Waals surface area contributed by atoms with Crippen LogP contribution in [0.4, 0.5) is 14.5 Å². The summed E-state index contributed by atoms with van der Waals surface area (Å²) in [7, 11) is 0. The molecular weight excluding hydrogens is 316 g/mol. The van der Waals surface area contributed by atoms with Crippen LogP contribution in [-0.4, -0.2) is 5.91 Å². The Balaban J connectivity index is 2.31. The van der Waals surface area contributed by atoms with Crippen molar-refractivity contribution in [3.8, 4) is 0 Å². The summed E-state index contributed by atoms with van der Waals surface area (Å²) in [5.41, 5.74) is 1.11. The van der Waals surface area contributed by atoms with E-state index in [2.05, 4.69) is 21.2 Å². The van der Waals surface area contributed by atoms with E-state index in [9.17, 15) is 13.6 Å². The van der Waals surface area contributed by atoms with Crippen molar-refractivity contribution in [2.24, 2.45) is 0 Å². The SMILES string of the molecule is Cc1cccc(NC(=O)c2cc(F)ccc2F)c1Br. The molecule has 2 aromatic carbocycles. The van der Waals surface area contributed by atoms with Gasteiger partial charge in [0.2, 0.25) is 0 Å². The Labute approximate surface area is 117 Å². The Morgan fingerprint density at radius 3 is 2.68 bits per heavy atom. The molecule has 0 bridgehead atoms. The van der Waals surface area contributed by atoms with E-state index in [4.69, 9.17) is 0 Å². The largest absolute Gasteiger partial charge is 0.321 e. The molecule has 5 heteroatoms. The fourth-order valence-corrected chi connectivity index (χ4v) is 1.97. The average Bonchev–Trinajstić information content (AvgIpc) is 2.38. The average molecular weight is 326 g/mol. The van der Waals surface area contributed by atoms with Gasteiger partial charge in [-0.3, -0.25) is 4.79 Å². The number of nitrogens with one attached hydrogen (secondary N) is 1. The number of rotatable bonds is 2. The first-order chi connectivity index (χ1) is 8.99. The second-order valence-electron chi connectivity index (χ2n) is 4.01. The fraction of sp³-hybridized carbons (Fsp3) is 0.0714. The summed E-state index contributed by atoms with van der Waals surface area (Å²) < 4.78 is 27.2. The van der Waals surface area contributed by atoms with Gasteiger partial charge in [0, 0.05) is 4.47 Å². The summed E-state index contributed by atoms with van der Waals surface area (Å²) in [6, 6.07) is 8.06. The van der Waals surface area contributed by atoms with Crippen LogP contribution in [0.15, 0.2) is 40.9 Å². The molecule has 0 heterocycles. The molecule has 0 atom stereocenters. The first kappa shape index (κ1) is 13.7. The second-order valence-corrected chi connectivity index (χ2v) is 4.81. The number of benzene rings is 2. The van der Waals surface area contributed by atoms with E-state index in [0.717, 1.165) is 23.8 Å². The van der Waals surface area contributed by atoms with E-state index < -0.39 is 17.5 Å². The quantitative estimate of drug-likeness (QED) is 0.876. The van der Waals surface area contributed by atoms with Crippen LogP contribution in [0.1, 0.15) is 15.9 Å². The summed E-state index contributed by atoms with van der Waals surface area (Å²) in [6.07, 6.45) is 0. The molecule has 0 aromatic heterocycles. The van der Waals surface area contributed by atoms with Crippen LogP contribution in [0.5, 0.6) is 0 Å². The smallest absolute Gasteiger partial charge is 0.258 e. The molecule has 0 aliphatic rings. The molecule has 2 rings (SSSR count). The van der Waals surface area contributed by atoms with E-state index in [0.29, 0.717) is 10.2 Å². The van der Waals surface area contributed by atoms with Crippen LogP contribution in [0.2, 0.25) is 0 Å². The van der Waals surface area contributed by atoms with E-state index >= 15 is 0 Å². The first-order valence-corrected chi connectivity index (χ1v) is 6.30. The van der Waals surface area contributed by atoms with Crippen LogP contribution in [0, 0.1) is 18.6 Å². The van der Waals surface area contributed by atoms with E-state index in [1.807, 2.05) is 13.0 Å². The first-order valence-electron chi connectivity index (χ1n) is 5.50. The summed E-state index contributed by atoms with van der Waals surface area (Å²) in [5.74, 6) is -2.11. The number of anilines is 1. The lowest BCUT2D eigenvalue weighted by Crippen LogP contribution is -2.14. The molecule has 2 nitrogen and oxygen atoms in total. The summed E-state index contributed by atoms with van der Waals surface area (Å²) >= 11 is 3.33. The van der Waals surface area contributed by atoms with Crippen molar-refractivity contribution >= 4 is 27.5 Å². The lowest BCUT2D eigenvalue weighted by atomic mass is 10.1. The molecule has 19 heavy (non-hydrogen) atoms. The van der Waals surface area contributed by atoms with Gasteiger partial charge >= 0.3 is 0 Å². The third-order valence-electron chi connectivity index (χ3n) is 2.61. The van der Waals surface area contributed by atoms with Crippen LogP contribution in [-0.2, 0) is 0 Å². The summed E-state index contributed by atoms with van der Waals surface area (Å²) in [5, 5.41) is 2.54. The van der Waals surface area contributed by atoms with Crippen molar-refractivity contribution in [3.63, 3.8) is 0 Å². The molecule has 0 fully saturated rings. The number of hydrogen-bond acceptors (Lipinski definition) is 1. The van der Waals surface area contributed by atoms with E-state index in [1.165, 1.54) is 0 Å². The number of carbonyl (C=O) groups excluding carboxylic acids is 1. The van der Waals surface area contributed by atoms with Gasteiger partial charge in [0.1, 0.15) is 11.6 Å². The maximum absolute atomic E-state index is 13.5. The van der Waals surface area contributed by atoms with Gasteiger partial charge in [-0.05, 0) is 52.7 Å². The molecule has 0 unspecified atom stereocenters. The van der Waals surface area contributed by atoms with Crippen molar-refractivity contribution in [1.29, 1.82) is 0 Å². The molecule has 0 aliphatic heterocycles.